The highest BCUT2D eigenvalue weighted by atomic mass is 16.5. The highest BCUT2D eigenvalue weighted by Gasteiger charge is 2.23. The molecule has 0 saturated heterocycles. The second-order valence-electron chi connectivity index (χ2n) is 6.29. The maximum Gasteiger partial charge on any atom is 0.156 e. The minimum Gasteiger partial charge on any atom is -0.497 e. The summed E-state index contributed by atoms with van der Waals surface area (Å²) in [7, 11) is 1.66. The average molecular weight is 317 g/mol. The lowest BCUT2D eigenvalue weighted by molar-refractivity contribution is -0.115. The van der Waals surface area contributed by atoms with E-state index in [-0.39, 0.29) is 11.7 Å². The maximum absolute atomic E-state index is 12.3. The van der Waals surface area contributed by atoms with Gasteiger partial charge in [-0.3, -0.25) is 4.79 Å². The van der Waals surface area contributed by atoms with E-state index in [1.165, 1.54) is 10.9 Å². The highest BCUT2D eigenvalue weighted by Crippen LogP contribution is 2.37. The molecule has 3 nitrogen and oxygen atoms in total. The van der Waals surface area contributed by atoms with Gasteiger partial charge in [-0.15, -0.1) is 0 Å². The molecule has 3 aromatic rings. The highest BCUT2D eigenvalue weighted by molar-refractivity contribution is 6.00. The van der Waals surface area contributed by atoms with Gasteiger partial charge in [-0.25, -0.2) is 0 Å². The number of benzene rings is 2. The third-order valence-electron chi connectivity index (χ3n) is 4.76. The van der Waals surface area contributed by atoms with Crippen LogP contribution in [0.5, 0.6) is 5.75 Å². The fraction of sp³-hybridized carbons (Fsp3) is 0.190. The number of aromatic nitrogens is 1. The van der Waals surface area contributed by atoms with E-state index in [1.807, 2.05) is 24.4 Å². The van der Waals surface area contributed by atoms with Crippen molar-refractivity contribution in [2.24, 2.45) is 0 Å². The summed E-state index contributed by atoms with van der Waals surface area (Å²) in [5.41, 5.74) is 4.53. The number of aromatic amines is 1. The molecule has 1 N–H and O–H groups in total. The average Bonchev–Trinajstić information content (AvgIpc) is 3.09. The molecule has 4 rings (SSSR count). The summed E-state index contributed by atoms with van der Waals surface area (Å²) >= 11 is 0. The summed E-state index contributed by atoms with van der Waals surface area (Å²) in [6.07, 6.45) is 5.20. The first-order valence-corrected chi connectivity index (χ1v) is 8.18. The zero-order valence-electron chi connectivity index (χ0n) is 13.6. The third kappa shape index (κ3) is 2.73. The van der Waals surface area contributed by atoms with Crippen molar-refractivity contribution in [1.29, 1.82) is 0 Å². The van der Waals surface area contributed by atoms with Crippen LogP contribution in [-0.2, 0) is 4.79 Å². The standard InChI is InChI=1S/C21H19NO2/c1-24-20-6-4-14(5-7-20)17-10-18(12-19(23)11-17)16-3-2-15-8-9-22-21(15)13-16/h2-9,12-13,17,22H,10-11H2,1H3. The van der Waals surface area contributed by atoms with Crippen molar-refractivity contribution < 1.29 is 9.53 Å². The predicted molar refractivity (Wildman–Crippen MR) is 96.3 cm³/mol. The number of rotatable bonds is 3. The Morgan fingerprint density at radius 3 is 2.67 bits per heavy atom. The van der Waals surface area contributed by atoms with Gasteiger partial charge in [-0.05, 0) is 64.8 Å². The first-order chi connectivity index (χ1) is 11.7. The zero-order chi connectivity index (χ0) is 16.5. The smallest absolute Gasteiger partial charge is 0.156 e. The van der Waals surface area contributed by atoms with Crippen LogP contribution in [-0.4, -0.2) is 17.9 Å². The molecule has 1 heterocycles. The second-order valence-corrected chi connectivity index (χ2v) is 6.29. The molecule has 1 aliphatic carbocycles. The minimum atomic E-state index is 0.198. The fourth-order valence-corrected chi connectivity index (χ4v) is 3.45. The molecule has 120 valence electrons. The van der Waals surface area contributed by atoms with Gasteiger partial charge in [0.05, 0.1) is 7.11 Å². The number of fused-ring (bicyclic) bond motifs is 1. The molecule has 0 bridgehead atoms. The Morgan fingerprint density at radius 1 is 1.04 bits per heavy atom. The normalized spacial score (nSPS) is 17.8. The van der Waals surface area contributed by atoms with E-state index in [0.29, 0.717) is 6.42 Å². The molecule has 1 aliphatic rings. The molecule has 3 heteroatoms. The maximum atomic E-state index is 12.3. The van der Waals surface area contributed by atoms with Crippen LogP contribution in [0.4, 0.5) is 0 Å². The van der Waals surface area contributed by atoms with E-state index in [4.69, 9.17) is 4.74 Å². The molecule has 0 amide bonds. The topological polar surface area (TPSA) is 42.1 Å². The summed E-state index contributed by atoms with van der Waals surface area (Å²) in [6, 6.07) is 16.4. The number of carbonyl (C=O) groups excluding carboxylic acids is 1. The third-order valence-corrected chi connectivity index (χ3v) is 4.76. The van der Waals surface area contributed by atoms with Crippen molar-refractivity contribution >= 4 is 22.3 Å². The van der Waals surface area contributed by atoms with Crippen molar-refractivity contribution in [3.05, 3.63) is 71.9 Å². The summed E-state index contributed by atoms with van der Waals surface area (Å²) in [5, 5.41) is 1.19. The number of H-pyrrole nitrogens is 1. The lowest BCUT2D eigenvalue weighted by Gasteiger charge is -2.23. The Bertz CT molecular complexity index is 918. The molecule has 24 heavy (non-hydrogen) atoms. The largest absolute Gasteiger partial charge is 0.497 e. The first-order valence-electron chi connectivity index (χ1n) is 8.18. The number of nitrogens with one attached hydrogen (secondary N) is 1. The Kier molecular flexibility index (Phi) is 3.69. The number of hydrogen-bond donors (Lipinski definition) is 1. The van der Waals surface area contributed by atoms with Crippen LogP contribution in [0.1, 0.15) is 29.9 Å². The van der Waals surface area contributed by atoms with Gasteiger partial charge in [0.2, 0.25) is 0 Å². The molecule has 1 unspecified atom stereocenters. The van der Waals surface area contributed by atoms with E-state index in [1.54, 1.807) is 7.11 Å². The van der Waals surface area contributed by atoms with Gasteiger partial charge in [-0.2, -0.15) is 0 Å². The van der Waals surface area contributed by atoms with Crippen LogP contribution in [0, 0.1) is 0 Å². The van der Waals surface area contributed by atoms with Gasteiger partial charge < -0.3 is 9.72 Å². The number of hydrogen-bond acceptors (Lipinski definition) is 2. The van der Waals surface area contributed by atoms with E-state index >= 15 is 0 Å². The number of carbonyl (C=O) groups is 1. The van der Waals surface area contributed by atoms with Gasteiger partial charge in [0.15, 0.2) is 5.78 Å². The predicted octanol–water partition coefficient (Wildman–Crippen LogP) is 4.71. The molecular weight excluding hydrogens is 298 g/mol. The Morgan fingerprint density at radius 2 is 1.88 bits per heavy atom. The van der Waals surface area contributed by atoms with Gasteiger partial charge in [0, 0.05) is 18.1 Å². The van der Waals surface area contributed by atoms with Gasteiger partial charge in [-0.1, -0.05) is 24.3 Å². The van der Waals surface area contributed by atoms with Crippen LogP contribution in [0.3, 0.4) is 0 Å². The van der Waals surface area contributed by atoms with Crippen molar-refractivity contribution in [2.75, 3.05) is 7.11 Å². The van der Waals surface area contributed by atoms with E-state index < -0.39 is 0 Å². The zero-order valence-corrected chi connectivity index (χ0v) is 13.6. The fourth-order valence-electron chi connectivity index (χ4n) is 3.45. The van der Waals surface area contributed by atoms with Crippen molar-refractivity contribution in [3.8, 4) is 5.75 Å². The van der Waals surface area contributed by atoms with Gasteiger partial charge in [0.1, 0.15) is 5.75 Å². The number of ether oxygens (including phenoxy) is 1. The van der Waals surface area contributed by atoms with Crippen LogP contribution in [0.15, 0.2) is 60.8 Å². The molecular formula is C21H19NO2. The lowest BCUT2D eigenvalue weighted by atomic mass is 9.81. The van der Waals surface area contributed by atoms with Crippen LogP contribution >= 0.6 is 0 Å². The van der Waals surface area contributed by atoms with Crippen LogP contribution in [0.25, 0.3) is 16.5 Å². The SMILES string of the molecule is COc1ccc(C2CC(=O)C=C(c3ccc4cc[nH]c4c3)C2)cc1. The molecule has 1 atom stereocenters. The van der Waals surface area contributed by atoms with Crippen molar-refractivity contribution in [2.45, 2.75) is 18.8 Å². The minimum absolute atomic E-state index is 0.198. The molecule has 0 radical (unpaired) electrons. The molecule has 0 saturated carbocycles. The summed E-state index contributed by atoms with van der Waals surface area (Å²) in [6.45, 7) is 0. The summed E-state index contributed by atoms with van der Waals surface area (Å²) in [5.74, 6) is 1.26. The lowest BCUT2D eigenvalue weighted by Crippen LogP contribution is -2.12. The number of ketones is 1. The molecule has 0 fully saturated rings. The Labute approximate surface area is 141 Å². The molecule has 0 aliphatic heterocycles. The molecule has 0 spiro atoms. The number of methoxy groups -OCH3 is 1. The molecule has 2 aromatic carbocycles. The van der Waals surface area contributed by atoms with E-state index in [2.05, 4.69) is 41.4 Å². The van der Waals surface area contributed by atoms with Crippen LogP contribution < -0.4 is 4.74 Å². The second kappa shape index (κ2) is 6.00. The van der Waals surface area contributed by atoms with Crippen molar-refractivity contribution in [3.63, 3.8) is 0 Å². The van der Waals surface area contributed by atoms with E-state index in [0.717, 1.165) is 28.8 Å². The summed E-state index contributed by atoms with van der Waals surface area (Å²) < 4.78 is 5.22. The van der Waals surface area contributed by atoms with Crippen LogP contribution in [0.2, 0.25) is 0 Å². The first kappa shape index (κ1) is 14.8. The molecule has 1 aromatic heterocycles. The monoisotopic (exact) mass is 317 g/mol. The number of allylic oxidation sites excluding steroid dienone is 2. The van der Waals surface area contributed by atoms with E-state index in [9.17, 15) is 4.79 Å². The Hall–Kier alpha value is -2.81. The van der Waals surface area contributed by atoms with Gasteiger partial charge >= 0.3 is 0 Å². The quantitative estimate of drug-likeness (QED) is 0.760. The van der Waals surface area contributed by atoms with Gasteiger partial charge in [0.25, 0.3) is 0 Å². The summed E-state index contributed by atoms with van der Waals surface area (Å²) in [4.78, 5) is 15.5. The van der Waals surface area contributed by atoms with Crippen molar-refractivity contribution in [1.82, 2.24) is 4.98 Å². The Balaban J connectivity index is 1.64.